The largest absolute Gasteiger partial charge is 0.368 e. The monoisotopic (exact) mass is 268 g/mol. The van der Waals surface area contributed by atoms with Crippen LogP contribution in [0.4, 0.5) is 11.8 Å². The van der Waals surface area contributed by atoms with E-state index in [1.54, 1.807) is 6.33 Å². The van der Waals surface area contributed by atoms with E-state index < -0.39 is 0 Å². The third-order valence-electron chi connectivity index (χ3n) is 3.33. The standard InChI is InChI=1S/C14H16N6/c1-8-3-4-10(5-9(8)2)6-16-12-11-13(18-7-17-11)20-14(15)19-12/h3-5,7H,6H2,1-2H3,(H4,15,16,17,18,19,20). The maximum absolute atomic E-state index is 5.68. The summed E-state index contributed by atoms with van der Waals surface area (Å²) in [6, 6.07) is 6.38. The predicted molar refractivity (Wildman–Crippen MR) is 79.3 cm³/mol. The molecular formula is C14H16N6. The zero-order chi connectivity index (χ0) is 14.1. The zero-order valence-electron chi connectivity index (χ0n) is 11.4. The lowest BCUT2D eigenvalue weighted by atomic mass is 10.1. The number of anilines is 2. The van der Waals surface area contributed by atoms with Gasteiger partial charge in [0.15, 0.2) is 11.5 Å². The molecule has 1 aromatic carbocycles. The fraction of sp³-hybridized carbons (Fsp3) is 0.214. The van der Waals surface area contributed by atoms with Crippen molar-refractivity contribution in [3.63, 3.8) is 0 Å². The molecule has 0 unspecified atom stereocenters. The minimum atomic E-state index is 0.215. The second-order valence-corrected chi connectivity index (χ2v) is 4.80. The summed E-state index contributed by atoms with van der Waals surface area (Å²) >= 11 is 0. The van der Waals surface area contributed by atoms with Gasteiger partial charge in [-0.15, -0.1) is 0 Å². The number of nitrogens with one attached hydrogen (secondary N) is 2. The first-order chi connectivity index (χ1) is 9.63. The van der Waals surface area contributed by atoms with Crippen LogP contribution < -0.4 is 11.1 Å². The number of hydrogen-bond acceptors (Lipinski definition) is 5. The van der Waals surface area contributed by atoms with E-state index in [1.165, 1.54) is 16.7 Å². The van der Waals surface area contributed by atoms with Crippen LogP contribution in [0.2, 0.25) is 0 Å². The predicted octanol–water partition coefficient (Wildman–Crippen LogP) is 2.16. The smallest absolute Gasteiger partial charge is 0.224 e. The van der Waals surface area contributed by atoms with Crippen LogP contribution in [0.15, 0.2) is 24.5 Å². The summed E-state index contributed by atoms with van der Waals surface area (Å²) in [5.74, 6) is 0.885. The first kappa shape index (κ1) is 12.4. The van der Waals surface area contributed by atoms with Gasteiger partial charge in [0.25, 0.3) is 0 Å². The van der Waals surface area contributed by atoms with Gasteiger partial charge in [0.05, 0.1) is 6.33 Å². The molecule has 0 radical (unpaired) electrons. The van der Waals surface area contributed by atoms with Crippen LogP contribution in [0.1, 0.15) is 16.7 Å². The van der Waals surface area contributed by atoms with Crippen LogP contribution in [-0.4, -0.2) is 19.9 Å². The van der Waals surface area contributed by atoms with Crippen LogP contribution in [0.5, 0.6) is 0 Å². The third kappa shape index (κ3) is 2.27. The molecule has 2 aromatic heterocycles. The molecule has 3 rings (SSSR count). The molecule has 3 aromatic rings. The Balaban J connectivity index is 1.86. The molecule has 2 heterocycles. The number of H-pyrrole nitrogens is 1. The number of nitrogens with two attached hydrogens (primary N) is 1. The number of benzene rings is 1. The zero-order valence-corrected chi connectivity index (χ0v) is 11.4. The van der Waals surface area contributed by atoms with Gasteiger partial charge in [0, 0.05) is 6.54 Å². The van der Waals surface area contributed by atoms with Crippen molar-refractivity contribution >= 4 is 22.9 Å². The summed E-state index contributed by atoms with van der Waals surface area (Å²) in [5.41, 5.74) is 10.8. The number of aromatic amines is 1. The van der Waals surface area contributed by atoms with Crippen LogP contribution in [0.25, 0.3) is 11.2 Å². The van der Waals surface area contributed by atoms with Gasteiger partial charge in [0.2, 0.25) is 5.95 Å². The van der Waals surface area contributed by atoms with Gasteiger partial charge in [-0.3, -0.25) is 0 Å². The second kappa shape index (κ2) is 4.80. The molecule has 6 nitrogen and oxygen atoms in total. The number of aromatic nitrogens is 4. The van der Waals surface area contributed by atoms with E-state index in [2.05, 4.69) is 57.3 Å². The maximum Gasteiger partial charge on any atom is 0.224 e. The summed E-state index contributed by atoms with van der Waals surface area (Å²) in [6.45, 7) is 4.88. The number of nitrogen functional groups attached to an aromatic ring is 1. The van der Waals surface area contributed by atoms with Crippen molar-refractivity contribution < 1.29 is 0 Å². The Morgan fingerprint density at radius 3 is 2.85 bits per heavy atom. The van der Waals surface area contributed by atoms with Gasteiger partial charge >= 0.3 is 0 Å². The van der Waals surface area contributed by atoms with Crippen molar-refractivity contribution in [2.45, 2.75) is 20.4 Å². The van der Waals surface area contributed by atoms with Crippen molar-refractivity contribution in [1.29, 1.82) is 0 Å². The first-order valence-electron chi connectivity index (χ1n) is 6.40. The maximum atomic E-state index is 5.68. The van der Waals surface area contributed by atoms with E-state index in [-0.39, 0.29) is 5.95 Å². The average Bonchev–Trinajstić information content (AvgIpc) is 2.88. The van der Waals surface area contributed by atoms with Gasteiger partial charge in [-0.1, -0.05) is 18.2 Å². The number of hydrogen-bond donors (Lipinski definition) is 3. The van der Waals surface area contributed by atoms with E-state index >= 15 is 0 Å². The molecule has 102 valence electrons. The highest BCUT2D eigenvalue weighted by atomic mass is 15.1. The first-order valence-corrected chi connectivity index (χ1v) is 6.40. The Bertz CT molecular complexity index is 761. The van der Waals surface area contributed by atoms with Crippen molar-refractivity contribution in [2.24, 2.45) is 0 Å². The third-order valence-corrected chi connectivity index (χ3v) is 3.33. The Kier molecular flexibility index (Phi) is 2.98. The number of imidazole rings is 1. The molecule has 0 aliphatic rings. The molecule has 0 spiro atoms. The van der Waals surface area contributed by atoms with Crippen LogP contribution >= 0.6 is 0 Å². The molecule has 0 saturated heterocycles. The van der Waals surface area contributed by atoms with Gasteiger partial charge in [-0.2, -0.15) is 9.97 Å². The highest BCUT2D eigenvalue weighted by Gasteiger charge is 2.08. The van der Waals surface area contributed by atoms with Crippen molar-refractivity contribution in [3.8, 4) is 0 Å². The van der Waals surface area contributed by atoms with Gasteiger partial charge in [0.1, 0.15) is 5.52 Å². The van der Waals surface area contributed by atoms with Gasteiger partial charge in [-0.25, -0.2) is 4.98 Å². The lowest BCUT2D eigenvalue weighted by Crippen LogP contribution is -2.05. The van der Waals surface area contributed by atoms with Crippen LogP contribution in [0.3, 0.4) is 0 Å². The molecule has 0 bridgehead atoms. The summed E-state index contributed by atoms with van der Waals surface area (Å²) < 4.78 is 0. The van der Waals surface area contributed by atoms with E-state index in [4.69, 9.17) is 5.73 Å². The van der Waals surface area contributed by atoms with Gasteiger partial charge in [-0.05, 0) is 30.5 Å². The topological polar surface area (TPSA) is 92.5 Å². The number of nitrogens with zero attached hydrogens (tertiary/aromatic N) is 3. The molecule has 0 fully saturated rings. The van der Waals surface area contributed by atoms with E-state index in [0.717, 1.165) is 5.52 Å². The second-order valence-electron chi connectivity index (χ2n) is 4.80. The molecule has 6 heteroatoms. The highest BCUT2D eigenvalue weighted by Crippen LogP contribution is 2.18. The Hall–Kier alpha value is -2.63. The van der Waals surface area contributed by atoms with E-state index in [9.17, 15) is 0 Å². The van der Waals surface area contributed by atoms with Crippen LogP contribution in [0, 0.1) is 13.8 Å². The summed E-state index contributed by atoms with van der Waals surface area (Å²) in [5, 5.41) is 3.28. The summed E-state index contributed by atoms with van der Waals surface area (Å²) in [7, 11) is 0. The minimum absolute atomic E-state index is 0.215. The fourth-order valence-electron chi connectivity index (χ4n) is 2.08. The molecule has 20 heavy (non-hydrogen) atoms. The average molecular weight is 268 g/mol. The van der Waals surface area contributed by atoms with Crippen molar-refractivity contribution in [1.82, 2.24) is 19.9 Å². The van der Waals surface area contributed by atoms with Crippen molar-refractivity contribution in [3.05, 3.63) is 41.2 Å². The van der Waals surface area contributed by atoms with E-state index in [0.29, 0.717) is 18.0 Å². The Morgan fingerprint density at radius 1 is 1.20 bits per heavy atom. The molecule has 0 aliphatic carbocycles. The molecule has 0 amide bonds. The lowest BCUT2D eigenvalue weighted by molar-refractivity contribution is 1.09. The van der Waals surface area contributed by atoms with E-state index in [1.807, 2.05) is 0 Å². The quantitative estimate of drug-likeness (QED) is 0.677. The fourth-order valence-corrected chi connectivity index (χ4v) is 2.08. The molecule has 0 aliphatic heterocycles. The highest BCUT2D eigenvalue weighted by molar-refractivity contribution is 5.83. The minimum Gasteiger partial charge on any atom is -0.368 e. The lowest BCUT2D eigenvalue weighted by Gasteiger charge is -2.08. The SMILES string of the molecule is Cc1ccc(CNc2nc(N)nc3nc[nH]c23)cc1C. The Morgan fingerprint density at radius 2 is 2.05 bits per heavy atom. The molecule has 0 saturated carbocycles. The molecule has 4 N–H and O–H groups in total. The summed E-state index contributed by atoms with van der Waals surface area (Å²) in [4.78, 5) is 15.4. The number of fused-ring (bicyclic) bond motifs is 1. The number of rotatable bonds is 3. The normalized spacial score (nSPS) is 10.9. The Labute approximate surface area is 116 Å². The number of aryl methyl sites for hydroxylation is 2. The molecule has 0 atom stereocenters. The van der Waals surface area contributed by atoms with Crippen LogP contribution in [-0.2, 0) is 6.54 Å². The molecular weight excluding hydrogens is 252 g/mol. The van der Waals surface area contributed by atoms with Crippen molar-refractivity contribution in [2.75, 3.05) is 11.1 Å². The summed E-state index contributed by atoms with van der Waals surface area (Å²) in [6.07, 6.45) is 1.58. The van der Waals surface area contributed by atoms with Gasteiger partial charge < -0.3 is 16.0 Å².